The Hall–Kier alpha value is -3.68. The highest BCUT2D eigenvalue weighted by molar-refractivity contribution is 14.1. The third-order valence-electron chi connectivity index (χ3n) is 6.77. The molecule has 0 unspecified atom stereocenters. The first-order valence-corrected chi connectivity index (χ1v) is 16.2. The summed E-state index contributed by atoms with van der Waals surface area (Å²) in [6.07, 6.45) is 3.46. The lowest BCUT2D eigenvalue weighted by Gasteiger charge is -2.26. The van der Waals surface area contributed by atoms with E-state index in [1.165, 1.54) is 18.4 Å². The summed E-state index contributed by atoms with van der Waals surface area (Å²) in [5.74, 6) is 1.05. The van der Waals surface area contributed by atoms with Gasteiger partial charge in [-0.25, -0.2) is 9.79 Å². The number of aromatic nitrogens is 1. The van der Waals surface area contributed by atoms with Crippen LogP contribution in [0.1, 0.15) is 29.7 Å². The predicted octanol–water partition coefficient (Wildman–Crippen LogP) is 5.88. The molecule has 1 aliphatic rings. The maximum absolute atomic E-state index is 14.3. The van der Waals surface area contributed by atoms with Crippen molar-refractivity contribution < 1.29 is 23.7 Å². The van der Waals surface area contributed by atoms with Crippen molar-refractivity contribution in [1.29, 1.82) is 0 Å². The number of halogens is 2. The molecule has 0 bridgehead atoms. The Morgan fingerprint density at radius 2 is 1.86 bits per heavy atom. The van der Waals surface area contributed by atoms with E-state index in [9.17, 15) is 9.59 Å². The summed E-state index contributed by atoms with van der Waals surface area (Å²) in [5.41, 5.74) is 2.44. The number of hydrogen-bond acceptors (Lipinski definition) is 8. The van der Waals surface area contributed by atoms with Crippen LogP contribution >= 0.6 is 49.9 Å². The average Bonchev–Trinajstić information content (AvgIpc) is 3.34. The second-order valence-corrected chi connectivity index (χ2v) is 12.5. The van der Waals surface area contributed by atoms with E-state index in [1.54, 1.807) is 42.9 Å². The van der Waals surface area contributed by atoms with Crippen LogP contribution in [0.5, 0.6) is 17.2 Å². The van der Waals surface area contributed by atoms with Crippen LogP contribution in [-0.4, -0.2) is 38.0 Å². The normalized spacial score (nSPS) is 14.5. The topological polar surface area (TPSA) is 88.3 Å². The number of thiazole rings is 1. The van der Waals surface area contributed by atoms with Gasteiger partial charge < -0.3 is 18.9 Å². The molecule has 2 heterocycles. The number of rotatable bonds is 10. The first-order chi connectivity index (χ1) is 21.3. The van der Waals surface area contributed by atoms with Gasteiger partial charge in [-0.2, -0.15) is 0 Å². The van der Waals surface area contributed by atoms with Crippen LogP contribution in [0.15, 0.2) is 93.2 Å². The molecule has 1 aliphatic heterocycles. The smallest absolute Gasteiger partial charge is 0.338 e. The number of carbonyl (C=O) groups is 1. The van der Waals surface area contributed by atoms with E-state index < -0.39 is 12.0 Å². The van der Waals surface area contributed by atoms with E-state index in [0.29, 0.717) is 50.0 Å². The van der Waals surface area contributed by atoms with Gasteiger partial charge in [0.05, 0.1) is 46.2 Å². The minimum atomic E-state index is -0.860. The van der Waals surface area contributed by atoms with Crippen molar-refractivity contribution in [2.24, 2.45) is 4.99 Å². The highest BCUT2D eigenvalue weighted by Crippen LogP contribution is 2.38. The summed E-state index contributed by atoms with van der Waals surface area (Å²) in [4.78, 5) is 33.4. The molecular weight excluding hydrogens is 759 g/mol. The van der Waals surface area contributed by atoms with Crippen molar-refractivity contribution >= 4 is 67.6 Å². The van der Waals surface area contributed by atoms with Gasteiger partial charge in [0, 0.05) is 15.6 Å². The molecule has 0 saturated carbocycles. The van der Waals surface area contributed by atoms with Crippen LogP contribution in [0.3, 0.4) is 0 Å². The monoisotopic (exact) mass is 786 g/mol. The lowest BCUT2D eigenvalue weighted by molar-refractivity contribution is -0.138. The Balaban J connectivity index is 1.84. The molecule has 44 heavy (non-hydrogen) atoms. The summed E-state index contributed by atoms with van der Waals surface area (Å²) in [5, 5.41) is 0. The van der Waals surface area contributed by atoms with Gasteiger partial charge in [0.25, 0.3) is 5.56 Å². The number of methoxy groups -OCH3 is 2. The van der Waals surface area contributed by atoms with Crippen molar-refractivity contribution in [3.8, 4) is 17.2 Å². The zero-order valence-electron chi connectivity index (χ0n) is 24.1. The Morgan fingerprint density at radius 3 is 2.55 bits per heavy atom. The highest BCUT2D eigenvalue weighted by Gasteiger charge is 2.35. The van der Waals surface area contributed by atoms with Crippen molar-refractivity contribution in [3.05, 3.63) is 123 Å². The van der Waals surface area contributed by atoms with Crippen LogP contribution in [0.25, 0.3) is 11.8 Å². The molecule has 5 rings (SSSR count). The molecule has 0 N–H and O–H groups in total. The number of fused-ring (bicyclic) bond motifs is 1. The Morgan fingerprint density at radius 1 is 1.11 bits per heavy atom. The highest BCUT2D eigenvalue weighted by atomic mass is 127. The molecule has 0 spiro atoms. The molecule has 1 aromatic heterocycles. The maximum Gasteiger partial charge on any atom is 0.338 e. The molecule has 0 aliphatic carbocycles. The number of esters is 1. The van der Waals surface area contributed by atoms with Gasteiger partial charge in [-0.05, 0) is 65.4 Å². The zero-order valence-corrected chi connectivity index (χ0v) is 28.7. The third-order valence-corrected chi connectivity index (χ3v) is 9.01. The number of ether oxygens (including phenoxy) is 4. The molecule has 0 saturated heterocycles. The van der Waals surface area contributed by atoms with Crippen molar-refractivity contribution in [2.45, 2.75) is 13.0 Å². The molecular formula is C33H28BrIN2O6S. The van der Waals surface area contributed by atoms with Crippen LogP contribution in [0, 0.1) is 3.57 Å². The van der Waals surface area contributed by atoms with E-state index in [1.807, 2.05) is 48.5 Å². The molecule has 0 fully saturated rings. The standard InChI is InChI=1S/C33H28BrIN2O6S/c1-5-14-43-30-21(15-22(34)18-23(30)35)17-26-31(38)37-29(20-12-13-24(40-3)25(16-20)41-4)27(32(39)42-6-2)28(36-33(37)44-26)19-10-8-7-9-11-19/h5,7-13,15-18,29H,1,6,14H2,2-4H3/b26-17-/t29-/m0/s1. The van der Waals surface area contributed by atoms with Crippen LogP contribution in [0.2, 0.25) is 0 Å². The van der Waals surface area contributed by atoms with E-state index >= 15 is 0 Å². The fourth-order valence-electron chi connectivity index (χ4n) is 4.90. The number of nitrogens with zero attached hydrogens (tertiary/aromatic N) is 2. The predicted molar refractivity (Wildman–Crippen MR) is 183 cm³/mol. The molecule has 0 radical (unpaired) electrons. The van der Waals surface area contributed by atoms with Crippen LogP contribution < -0.4 is 29.1 Å². The summed E-state index contributed by atoms with van der Waals surface area (Å²) in [6, 6.07) is 17.7. The maximum atomic E-state index is 14.3. The lowest BCUT2D eigenvalue weighted by atomic mass is 9.93. The van der Waals surface area contributed by atoms with Crippen molar-refractivity contribution in [2.75, 3.05) is 27.4 Å². The molecule has 8 nitrogen and oxygen atoms in total. The van der Waals surface area contributed by atoms with Gasteiger partial charge >= 0.3 is 5.97 Å². The Bertz CT molecular complexity index is 1950. The van der Waals surface area contributed by atoms with E-state index in [0.717, 1.165) is 13.6 Å². The average molecular weight is 787 g/mol. The fraction of sp³-hybridized carbons (Fsp3) is 0.182. The van der Waals surface area contributed by atoms with Gasteiger partial charge in [-0.15, -0.1) is 0 Å². The summed E-state index contributed by atoms with van der Waals surface area (Å²) in [7, 11) is 3.09. The van der Waals surface area contributed by atoms with Crippen molar-refractivity contribution in [3.63, 3.8) is 0 Å². The molecule has 3 aromatic carbocycles. The molecule has 4 aromatic rings. The SMILES string of the molecule is C=CCOc1c(I)cc(Br)cc1/C=c1\sc2n(c1=O)[C@@H](c1ccc(OC)c(OC)c1)C(C(=O)OCC)=C(c1ccccc1)N=2. The lowest BCUT2D eigenvalue weighted by Crippen LogP contribution is -2.40. The molecule has 226 valence electrons. The van der Waals surface area contributed by atoms with Crippen LogP contribution in [-0.2, 0) is 9.53 Å². The minimum Gasteiger partial charge on any atom is -0.493 e. The second-order valence-electron chi connectivity index (χ2n) is 9.45. The minimum absolute atomic E-state index is 0.155. The summed E-state index contributed by atoms with van der Waals surface area (Å²) in [6.45, 7) is 5.96. The zero-order chi connectivity index (χ0) is 31.4. The van der Waals surface area contributed by atoms with Gasteiger partial charge in [0.1, 0.15) is 12.4 Å². The molecule has 11 heteroatoms. The van der Waals surface area contributed by atoms with Gasteiger partial charge in [-0.3, -0.25) is 9.36 Å². The van der Waals surface area contributed by atoms with Crippen molar-refractivity contribution in [1.82, 2.24) is 4.57 Å². The van der Waals surface area contributed by atoms with Gasteiger partial charge in [0.2, 0.25) is 0 Å². The second kappa shape index (κ2) is 14.0. The van der Waals surface area contributed by atoms with Gasteiger partial charge in [-0.1, -0.05) is 76.3 Å². The summed E-state index contributed by atoms with van der Waals surface area (Å²) >= 11 is 7.00. The first kappa shape index (κ1) is 31.7. The Kier molecular flexibility index (Phi) is 10.1. The number of hydrogen-bond donors (Lipinski definition) is 0. The number of benzene rings is 3. The quantitative estimate of drug-likeness (QED) is 0.113. The number of carbonyl (C=O) groups excluding carboxylic acids is 1. The van der Waals surface area contributed by atoms with Gasteiger partial charge in [0.15, 0.2) is 16.3 Å². The van der Waals surface area contributed by atoms with E-state index in [2.05, 4.69) is 45.1 Å². The summed E-state index contributed by atoms with van der Waals surface area (Å²) < 4.78 is 26.3. The Labute approximate surface area is 280 Å². The molecule has 1 atom stereocenters. The van der Waals surface area contributed by atoms with E-state index in [4.69, 9.17) is 23.9 Å². The fourth-order valence-corrected chi connectivity index (χ4v) is 7.60. The molecule has 0 amide bonds. The first-order valence-electron chi connectivity index (χ1n) is 13.5. The third kappa shape index (κ3) is 6.26. The largest absolute Gasteiger partial charge is 0.493 e. The van der Waals surface area contributed by atoms with Crippen LogP contribution in [0.4, 0.5) is 0 Å². The van der Waals surface area contributed by atoms with E-state index in [-0.39, 0.29) is 17.7 Å².